The third-order valence-electron chi connectivity index (χ3n) is 4.54. The quantitative estimate of drug-likeness (QED) is 0.397. The van der Waals surface area contributed by atoms with Crippen molar-refractivity contribution in [2.45, 2.75) is 32.6 Å². The molecule has 2 N–H and O–H groups in total. The third-order valence-corrected chi connectivity index (χ3v) is 4.54. The van der Waals surface area contributed by atoms with E-state index < -0.39 is 41.6 Å². The summed E-state index contributed by atoms with van der Waals surface area (Å²) < 4.78 is 9.84. The topological polar surface area (TPSA) is 119 Å². The number of benzene rings is 1. The van der Waals surface area contributed by atoms with Crippen LogP contribution in [0.5, 0.6) is 0 Å². The van der Waals surface area contributed by atoms with Crippen LogP contribution in [0.15, 0.2) is 18.2 Å². The van der Waals surface area contributed by atoms with E-state index in [0.717, 1.165) is 0 Å². The van der Waals surface area contributed by atoms with Gasteiger partial charge in [0, 0.05) is 16.8 Å². The Hall–Kier alpha value is -2.74. The molecule has 1 aromatic rings. The molecule has 0 aliphatic carbocycles. The van der Waals surface area contributed by atoms with E-state index in [0.29, 0.717) is 11.3 Å². The number of aliphatic hydroxyl groups is 1. The second-order valence-corrected chi connectivity index (χ2v) is 6.31. The van der Waals surface area contributed by atoms with Crippen LogP contribution in [0.3, 0.4) is 0 Å². The minimum Gasteiger partial charge on any atom is -0.466 e. The number of ether oxygens (including phenoxy) is 2. The minimum atomic E-state index is -1.57. The van der Waals surface area contributed by atoms with E-state index in [-0.39, 0.29) is 25.2 Å². The van der Waals surface area contributed by atoms with Gasteiger partial charge >= 0.3 is 11.9 Å². The Morgan fingerprint density at radius 3 is 2.44 bits per heavy atom. The molecule has 0 spiro atoms. The summed E-state index contributed by atoms with van der Waals surface area (Å²) in [4.78, 5) is 49.1. The minimum absolute atomic E-state index is 0.113. The van der Waals surface area contributed by atoms with Crippen molar-refractivity contribution in [3.8, 4) is 0 Å². The number of nitrogens with one attached hydrogen (secondary N) is 1. The molecular formula is C19H23NO7. The molecule has 0 radical (unpaired) electrons. The lowest BCUT2D eigenvalue weighted by Gasteiger charge is -2.20. The van der Waals surface area contributed by atoms with Gasteiger partial charge in [0.15, 0.2) is 11.2 Å². The lowest BCUT2D eigenvalue weighted by molar-refractivity contribution is -0.152. The van der Waals surface area contributed by atoms with Gasteiger partial charge in [0.1, 0.15) is 0 Å². The van der Waals surface area contributed by atoms with Crippen molar-refractivity contribution in [1.82, 2.24) is 0 Å². The Kier molecular flexibility index (Phi) is 6.32. The largest absolute Gasteiger partial charge is 0.466 e. The molecule has 1 aromatic carbocycles. The van der Waals surface area contributed by atoms with Crippen molar-refractivity contribution in [3.05, 3.63) is 29.3 Å². The Morgan fingerprint density at radius 2 is 1.85 bits per heavy atom. The maximum atomic E-state index is 12.7. The van der Waals surface area contributed by atoms with Gasteiger partial charge in [-0.05, 0) is 39.0 Å². The van der Waals surface area contributed by atoms with Crippen LogP contribution >= 0.6 is 0 Å². The SMILES string of the molecule is CCOC(=O)CC(CO)C(=O)c1ccc2c(c1)C(C)(C(=O)OCC)C(=O)N2. The molecule has 8 nitrogen and oxygen atoms in total. The van der Waals surface area contributed by atoms with Crippen LogP contribution in [0, 0.1) is 5.92 Å². The van der Waals surface area contributed by atoms with Crippen LogP contribution in [-0.4, -0.2) is 48.6 Å². The number of esters is 2. The molecule has 0 fully saturated rings. The third kappa shape index (κ3) is 3.85. The summed E-state index contributed by atoms with van der Waals surface area (Å²) >= 11 is 0. The standard InChI is InChI=1S/C19H23NO7/c1-4-26-15(22)9-12(10-21)16(23)11-6-7-14-13(8-11)19(3,17(24)20-14)18(25)27-5-2/h6-8,12,21H,4-5,9-10H2,1-3H3,(H,20,24). The summed E-state index contributed by atoms with van der Waals surface area (Å²) in [6.07, 6.45) is -0.257. The molecule has 1 aliphatic rings. The van der Waals surface area contributed by atoms with Crippen LogP contribution in [-0.2, 0) is 29.3 Å². The van der Waals surface area contributed by atoms with Crippen LogP contribution in [0.1, 0.15) is 43.1 Å². The number of Topliss-reactive ketones (excluding diaryl/α,β-unsaturated/α-hetero) is 1. The smallest absolute Gasteiger partial charge is 0.326 e. The zero-order chi connectivity index (χ0) is 20.2. The van der Waals surface area contributed by atoms with E-state index in [2.05, 4.69) is 5.32 Å². The number of ketones is 1. The number of amides is 1. The van der Waals surface area contributed by atoms with E-state index in [1.807, 2.05) is 0 Å². The first-order chi connectivity index (χ1) is 12.8. The van der Waals surface area contributed by atoms with E-state index >= 15 is 0 Å². The number of carbonyl (C=O) groups excluding carboxylic acids is 4. The number of aliphatic hydroxyl groups excluding tert-OH is 1. The van der Waals surface area contributed by atoms with Gasteiger partial charge < -0.3 is 19.9 Å². The molecule has 8 heteroatoms. The number of carbonyl (C=O) groups is 4. The van der Waals surface area contributed by atoms with Crippen LogP contribution < -0.4 is 5.32 Å². The van der Waals surface area contributed by atoms with Gasteiger partial charge in [0.05, 0.1) is 32.2 Å². The maximum absolute atomic E-state index is 12.7. The van der Waals surface area contributed by atoms with Crippen LogP contribution in [0.25, 0.3) is 0 Å². The van der Waals surface area contributed by atoms with E-state index in [1.165, 1.54) is 25.1 Å². The molecule has 0 bridgehead atoms. The molecule has 2 unspecified atom stereocenters. The zero-order valence-electron chi connectivity index (χ0n) is 15.5. The van der Waals surface area contributed by atoms with Crippen molar-refractivity contribution in [3.63, 3.8) is 0 Å². The van der Waals surface area contributed by atoms with Crippen molar-refractivity contribution < 1.29 is 33.8 Å². The number of rotatable bonds is 8. The van der Waals surface area contributed by atoms with Crippen molar-refractivity contribution in [2.75, 3.05) is 25.1 Å². The van der Waals surface area contributed by atoms with Crippen molar-refractivity contribution in [1.29, 1.82) is 0 Å². The summed E-state index contributed by atoms with van der Waals surface area (Å²) in [5, 5.41) is 12.1. The Bertz CT molecular complexity index is 773. The number of anilines is 1. The average molecular weight is 377 g/mol. The van der Waals surface area contributed by atoms with E-state index in [1.54, 1.807) is 13.8 Å². The molecule has 0 aromatic heterocycles. The molecule has 0 saturated carbocycles. The highest BCUT2D eigenvalue weighted by atomic mass is 16.5. The molecular weight excluding hydrogens is 354 g/mol. The summed E-state index contributed by atoms with van der Waals surface area (Å²) in [5.41, 5.74) is -0.649. The Balaban J connectivity index is 2.35. The summed E-state index contributed by atoms with van der Waals surface area (Å²) in [5.74, 6) is -3.28. The summed E-state index contributed by atoms with van der Waals surface area (Å²) in [7, 11) is 0. The second kappa shape index (κ2) is 8.30. The Labute approximate surface area is 156 Å². The predicted octanol–water partition coefficient (Wildman–Crippen LogP) is 1.20. The summed E-state index contributed by atoms with van der Waals surface area (Å²) in [6.45, 7) is 4.48. The first kappa shape index (κ1) is 20.6. The van der Waals surface area contributed by atoms with E-state index in [4.69, 9.17) is 9.47 Å². The molecule has 1 heterocycles. The van der Waals surface area contributed by atoms with Gasteiger partial charge in [-0.3, -0.25) is 19.2 Å². The fourth-order valence-electron chi connectivity index (χ4n) is 2.96. The normalized spacial score (nSPS) is 19.0. The lowest BCUT2D eigenvalue weighted by Crippen LogP contribution is -2.41. The van der Waals surface area contributed by atoms with Crippen molar-refractivity contribution >= 4 is 29.3 Å². The van der Waals surface area contributed by atoms with Crippen molar-refractivity contribution in [2.24, 2.45) is 5.92 Å². The molecule has 1 amide bonds. The highest BCUT2D eigenvalue weighted by Gasteiger charge is 2.50. The van der Waals surface area contributed by atoms with Gasteiger partial charge in [0.2, 0.25) is 5.91 Å². The van der Waals surface area contributed by atoms with E-state index in [9.17, 15) is 24.3 Å². The van der Waals surface area contributed by atoms with Crippen LogP contribution in [0.4, 0.5) is 5.69 Å². The second-order valence-electron chi connectivity index (χ2n) is 6.31. The van der Waals surface area contributed by atoms with Gasteiger partial charge in [-0.2, -0.15) is 0 Å². The number of hydrogen-bond donors (Lipinski definition) is 2. The predicted molar refractivity (Wildman–Crippen MR) is 95.2 cm³/mol. The first-order valence-corrected chi connectivity index (χ1v) is 8.73. The monoisotopic (exact) mass is 377 g/mol. The van der Waals surface area contributed by atoms with Gasteiger partial charge in [0.25, 0.3) is 0 Å². The van der Waals surface area contributed by atoms with Crippen LogP contribution in [0.2, 0.25) is 0 Å². The lowest BCUT2D eigenvalue weighted by atomic mass is 9.82. The zero-order valence-corrected chi connectivity index (χ0v) is 15.5. The number of hydrogen-bond acceptors (Lipinski definition) is 7. The molecule has 0 saturated heterocycles. The Morgan fingerprint density at radius 1 is 1.19 bits per heavy atom. The molecule has 1 aliphatic heterocycles. The summed E-state index contributed by atoms with van der Waals surface area (Å²) in [6, 6.07) is 4.43. The van der Waals surface area contributed by atoms with Gasteiger partial charge in [-0.15, -0.1) is 0 Å². The average Bonchev–Trinajstić information content (AvgIpc) is 2.90. The highest BCUT2D eigenvalue weighted by Crippen LogP contribution is 2.39. The maximum Gasteiger partial charge on any atom is 0.326 e. The fourth-order valence-corrected chi connectivity index (χ4v) is 2.96. The molecule has 27 heavy (non-hydrogen) atoms. The first-order valence-electron chi connectivity index (χ1n) is 8.73. The molecule has 2 atom stereocenters. The number of fused-ring (bicyclic) bond motifs is 1. The molecule has 146 valence electrons. The fraction of sp³-hybridized carbons (Fsp3) is 0.474. The molecule has 2 rings (SSSR count). The van der Waals surface area contributed by atoms with Gasteiger partial charge in [-0.25, -0.2) is 0 Å². The highest BCUT2D eigenvalue weighted by molar-refractivity contribution is 6.19. The van der Waals surface area contributed by atoms with Gasteiger partial charge in [-0.1, -0.05) is 0 Å².